The van der Waals surface area contributed by atoms with E-state index in [1.54, 1.807) is 12.1 Å². The third kappa shape index (κ3) is 3.04. The summed E-state index contributed by atoms with van der Waals surface area (Å²) in [4.78, 5) is 19.9. The fourth-order valence-electron chi connectivity index (χ4n) is 1.83. The first-order chi connectivity index (χ1) is 10.4. The largest absolute Gasteiger partial charge is 0.487 e. The number of hydrogen-bond acceptors (Lipinski definition) is 5. The fraction of sp³-hybridized carbons (Fsp3) is 0.0714. The highest BCUT2D eigenvalue weighted by molar-refractivity contribution is 6.20. The second-order valence-corrected chi connectivity index (χ2v) is 4.69. The number of halogens is 3. The second-order valence-electron chi connectivity index (χ2n) is 4.25. The van der Waals surface area contributed by atoms with E-state index < -0.39 is 11.2 Å². The van der Waals surface area contributed by atoms with Gasteiger partial charge in [-0.2, -0.15) is 4.98 Å². The smallest absolute Gasteiger partial charge is 0.420 e. The van der Waals surface area contributed by atoms with Crippen LogP contribution in [-0.2, 0) is 0 Å². The minimum Gasteiger partial charge on any atom is -0.420 e. The SMILES string of the molecule is O=c1oc(-c2ccc(OC(F)(F)Cl)cc2)nc2ncccc12. The summed E-state index contributed by atoms with van der Waals surface area (Å²) in [5.74, 6) is -0.106. The maximum atomic E-state index is 12.5. The molecular weight excluding hydrogens is 318 g/mol. The molecule has 0 amide bonds. The summed E-state index contributed by atoms with van der Waals surface area (Å²) in [6.07, 6.45) is 1.50. The molecular formula is C14H7ClF2N2O3. The van der Waals surface area contributed by atoms with Gasteiger partial charge in [0, 0.05) is 23.4 Å². The van der Waals surface area contributed by atoms with Crippen LogP contribution in [0, 0.1) is 0 Å². The Morgan fingerprint density at radius 3 is 2.59 bits per heavy atom. The van der Waals surface area contributed by atoms with E-state index in [9.17, 15) is 13.6 Å². The molecule has 0 fully saturated rings. The average Bonchev–Trinajstić information content (AvgIpc) is 2.46. The quantitative estimate of drug-likeness (QED) is 0.691. The molecule has 0 spiro atoms. The molecule has 0 saturated carbocycles. The predicted molar refractivity (Wildman–Crippen MR) is 74.9 cm³/mol. The van der Waals surface area contributed by atoms with Gasteiger partial charge in [-0.3, -0.25) is 0 Å². The number of ether oxygens (including phenoxy) is 1. The molecule has 0 saturated heterocycles. The van der Waals surface area contributed by atoms with Crippen molar-refractivity contribution in [3.05, 3.63) is 53.0 Å². The van der Waals surface area contributed by atoms with Gasteiger partial charge in [0.2, 0.25) is 5.89 Å². The molecule has 0 atom stereocenters. The standard InChI is InChI=1S/C14H7ClF2N2O3/c15-14(16,17)22-9-5-3-8(4-6-9)12-19-11-10(13(20)21-12)2-1-7-18-11/h1-7H. The van der Waals surface area contributed by atoms with Crippen LogP contribution in [0.15, 0.2) is 51.8 Å². The molecule has 1 aromatic carbocycles. The van der Waals surface area contributed by atoms with Crippen molar-refractivity contribution in [2.45, 2.75) is 5.57 Å². The van der Waals surface area contributed by atoms with Crippen LogP contribution >= 0.6 is 11.6 Å². The molecule has 0 radical (unpaired) electrons. The van der Waals surface area contributed by atoms with Crippen LogP contribution in [0.5, 0.6) is 5.75 Å². The van der Waals surface area contributed by atoms with Crippen molar-refractivity contribution in [2.24, 2.45) is 0 Å². The lowest BCUT2D eigenvalue weighted by molar-refractivity contribution is -0.0964. The fourth-order valence-corrected chi connectivity index (χ4v) is 1.92. The summed E-state index contributed by atoms with van der Waals surface area (Å²) in [7, 11) is 0. The number of fused-ring (bicyclic) bond motifs is 1. The Kier molecular flexibility index (Phi) is 3.50. The van der Waals surface area contributed by atoms with Crippen LogP contribution in [0.1, 0.15) is 0 Å². The second kappa shape index (κ2) is 5.34. The van der Waals surface area contributed by atoms with Gasteiger partial charge in [0.25, 0.3) is 0 Å². The van der Waals surface area contributed by atoms with E-state index in [0.29, 0.717) is 5.56 Å². The first-order valence-electron chi connectivity index (χ1n) is 6.04. The lowest BCUT2D eigenvalue weighted by atomic mass is 10.2. The maximum Gasteiger partial charge on any atom is 0.487 e. The third-order valence-electron chi connectivity index (χ3n) is 2.74. The number of pyridine rings is 1. The number of benzene rings is 1. The number of nitrogens with zero attached hydrogens (tertiary/aromatic N) is 2. The van der Waals surface area contributed by atoms with Gasteiger partial charge in [0.15, 0.2) is 5.65 Å². The molecule has 2 heterocycles. The molecule has 0 aliphatic carbocycles. The molecule has 0 aliphatic heterocycles. The monoisotopic (exact) mass is 324 g/mol. The van der Waals surface area contributed by atoms with E-state index in [0.717, 1.165) is 0 Å². The van der Waals surface area contributed by atoms with E-state index in [1.807, 2.05) is 0 Å². The molecule has 3 rings (SSSR count). The van der Waals surface area contributed by atoms with Gasteiger partial charge in [0.05, 0.1) is 0 Å². The Labute approximate surface area is 127 Å². The van der Waals surface area contributed by atoms with Crippen LogP contribution in [0.4, 0.5) is 8.78 Å². The van der Waals surface area contributed by atoms with Gasteiger partial charge >= 0.3 is 11.2 Å². The first-order valence-corrected chi connectivity index (χ1v) is 6.42. The summed E-state index contributed by atoms with van der Waals surface area (Å²) >= 11 is 4.67. The average molecular weight is 325 g/mol. The minimum absolute atomic E-state index is 0.0281. The van der Waals surface area contributed by atoms with Crippen molar-refractivity contribution in [1.82, 2.24) is 9.97 Å². The van der Waals surface area contributed by atoms with Gasteiger partial charge in [-0.1, -0.05) is 0 Å². The normalized spacial score (nSPS) is 11.6. The number of aromatic nitrogens is 2. The molecule has 5 nitrogen and oxygen atoms in total. The molecule has 0 aliphatic rings. The van der Waals surface area contributed by atoms with Crippen molar-refractivity contribution < 1.29 is 17.9 Å². The summed E-state index contributed by atoms with van der Waals surface area (Å²) < 4.78 is 34.3. The Hall–Kier alpha value is -2.54. The lowest BCUT2D eigenvalue weighted by Gasteiger charge is -2.10. The van der Waals surface area contributed by atoms with E-state index in [4.69, 9.17) is 4.42 Å². The van der Waals surface area contributed by atoms with E-state index in [-0.39, 0.29) is 22.7 Å². The van der Waals surface area contributed by atoms with Crippen LogP contribution in [0.25, 0.3) is 22.5 Å². The molecule has 22 heavy (non-hydrogen) atoms. The van der Waals surface area contributed by atoms with Gasteiger partial charge in [0.1, 0.15) is 11.1 Å². The van der Waals surface area contributed by atoms with Crippen LogP contribution in [-0.4, -0.2) is 15.5 Å². The lowest BCUT2D eigenvalue weighted by Crippen LogP contribution is -2.15. The number of hydrogen-bond donors (Lipinski definition) is 0. The minimum atomic E-state index is -3.79. The Bertz CT molecular complexity index is 876. The van der Waals surface area contributed by atoms with Crippen molar-refractivity contribution in [1.29, 1.82) is 0 Å². The van der Waals surface area contributed by atoms with Crippen LogP contribution in [0.2, 0.25) is 0 Å². The Morgan fingerprint density at radius 2 is 1.91 bits per heavy atom. The van der Waals surface area contributed by atoms with Gasteiger partial charge < -0.3 is 9.15 Å². The van der Waals surface area contributed by atoms with Gasteiger partial charge in [-0.05, 0) is 36.4 Å². The topological polar surface area (TPSA) is 65.2 Å². The number of rotatable bonds is 3. The highest BCUT2D eigenvalue weighted by atomic mass is 35.5. The highest BCUT2D eigenvalue weighted by Crippen LogP contribution is 2.27. The summed E-state index contributed by atoms with van der Waals surface area (Å²) in [5, 5.41) is 0.257. The summed E-state index contributed by atoms with van der Waals surface area (Å²) in [6.45, 7) is 0. The number of alkyl halides is 3. The molecule has 3 aromatic rings. The zero-order chi connectivity index (χ0) is 15.7. The Morgan fingerprint density at radius 1 is 1.18 bits per heavy atom. The van der Waals surface area contributed by atoms with Crippen molar-refractivity contribution in [3.8, 4) is 17.2 Å². The van der Waals surface area contributed by atoms with E-state index in [2.05, 4.69) is 26.3 Å². The van der Waals surface area contributed by atoms with Crippen molar-refractivity contribution in [3.63, 3.8) is 0 Å². The molecule has 112 valence electrons. The Balaban J connectivity index is 1.99. The predicted octanol–water partition coefficient (Wildman–Crippen LogP) is 3.42. The highest BCUT2D eigenvalue weighted by Gasteiger charge is 2.27. The van der Waals surface area contributed by atoms with Crippen LogP contribution < -0.4 is 10.4 Å². The molecule has 0 N–H and O–H groups in total. The van der Waals surface area contributed by atoms with Crippen molar-refractivity contribution >= 4 is 22.6 Å². The van der Waals surface area contributed by atoms with Gasteiger partial charge in [-0.25, -0.2) is 9.78 Å². The molecule has 0 bridgehead atoms. The summed E-state index contributed by atoms with van der Waals surface area (Å²) in [6, 6.07) is 8.49. The van der Waals surface area contributed by atoms with Crippen molar-refractivity contribution in [2.75, 3.05) is 0 Å². The van der Waals surface area contributed by atoms with Gasteiger partial charge in [-0.15, -0.1) is 8.78 Å². The molecule has 8 heteroatoms. The zero-order valence-corrected chi connectivity index (χ0v) is 11.6. The van der Waals surface area contributed by atoms with E-state index in [1.165, 1.54) is 30.5 Å². The summed E-state index contributed by atoms with van der Waals surface area (Å²) in [5.41, 5.74) is -3.73. The molecule has 2 aromatic heterocycles. The molecule has 0 unspecified atom stereocenters. The first kappa shape index (κ1) is 14.4. The van der Waals surface area contributed by atoms with E-state index >= 15 is 0 Å². The third-order valence-corrected chi connectivity index (χ3v) is 2.82. The maximum absolute atomic E-state index is 12.5. The zero-order valence-electron chi connectivity index (χ0n) is 10.8. The van der Waals surface area contributed by atoms with Crippen LogP contribution in [0.3, 0.4) is 0 Å².